The normalized spacial score (nSPS) is 15.4. The summed E-state index contributed by atoms with van der Waals surface area (Å²) in [5, 5.41) is 3.38. The van der Waals surface area contributed by atoms with Gasteiger partial charge in [0.25, 0.3) is 5.91 Å². The lowest BCUT2D eigenvalue weighted by Crippen LogP contribution is -2.52. The molecule has 0 spiro atoms. The Labute approximate surface area is 152 Å². The van der Waals surface area contributed by atoms with Crippen LogP contribution in [0, 0.1) is 0 Å². The number of carbonyl (C=O) groups is 2. The van der Waals surface area contributed by atoms with Crippen molar-refractivity contribution in [2.75, 3.05) is 32.7 Å². The zero-order valence-corrected chi connectivity index (χ0v) is 15.1. The zero-order chi connectivity index (χ0) is 18.7. The van der Waals surface area contributed by atoms with Gasteiger partial charge in [-0.05, 0) is 26.0 Å². The topological polar surface area (TPSA) is 85.5 Å². The standard InChI is InChI=1S/C19H24N4O3/c1-13(2)21-17(24)12-22-7-9-23(10-8-22)19(26)15-11-20-16-6-4-3-5-14(16)18(15)25/h3-6,11,13H,7-10,12H2,1-2H3,(H,20,25)(H,21,24). The van der Waals surface area contributed by atoms with Gasteiger partial charge < -0.3 is 15.2 Å². The lowest BCUT2D eigenvalue weighted by molar-refractivity contribution is -0.123. The quantitative estimate of drug-likeness (QED) is 0.849. The molecule has 2 aromatic rings. The van der Waals surface area contributed by atoms with Crippen LogP contribution in [0.5, 0.6) is 0 Å². The predicted octanol–water partition coefficient (Wildman–Crippen LogP) is 0.811. The summed E-state index contributed by atoms with van der Waals surface area (Å²) >= 11 is 0. The Morgan fingerprint density at radius 2 is 1.85 bits per heavy atom. The highest BCUT2D eigenvalue weighted by Gasteiger charge is 2.25. The van der Waals surface area contributed by atoms with Gasteiger partial charge in [-0.15, -0.1) is 0 Å². The van der Waals surface area contributed by atoms with E-state index in [4.69, 9.17) is 0 Å². The number of carbonyl (C=O) groups excluding carboxylic acids is 2. The van der Waals surface area contributed by atoms with Crippen LogP contribution in [0.1, 0.15) is 24.2 Å². The van der Waals surface area contributed by atoms with E-state index in [9.17, 15) is 14.4 Å². The molecule has 0 aliphatic carbocycles. The third-order valence-corrected chi connectivity index (χ3v) is 4.50. The maximum atomic E-state index is 12.7. The number of benzene rings is 1. The van der Waals surface area contributed by atoms with Gasteiger partial charge in [0.1, 0.15) is 5.56 Å². The number of piperazine rings is 1. The van der Waals surface area contributed by atoms with Crippen LogP contribution in [0.3, 0.4) is 0 Å². The molecule has 7 heteroatoms. The van der Waals surface area contributed by atoms with Crippen LogP contribution >= 0.6 is 0 Å². The van der Waals surface area contributed by atoms with E-state index in [2.05, 4.69) is 10.3 Å². The second kappa shape index (κ2) is 7.70. The molecule has 2 N–H and O–H groups in total. The number of hydrogen-bond acceptors (Lipinski definition) is 4. The Bertz CT molecular complexity index is 866. The van der Waals surface area contributed by atoms with Gasteiger partial charge in [-0.3, -0.25) is 19.3 Å². The minimum Gasteiger partial charge on any atom is -0.360 e. The number of amides is 2. The van der Waals surface area contributed by atoms with Crippen LogP contribution in [-0.4, -0.2) is 65.4 Å². The summed E-state index contributed by atoms with van der Waals surface area (Å²) in [5.74, 6) is -0.269. The number of nitrogens with zero attached hydrogens (tertiary/aromatic N) is 2. The summed E-state index contributed by atoms with van der Waals surface area (Å²) in [4.78, 5) is 43.9. The first kappa shape index (κ1) is 18.1. The maximum Gasteiger partial charge on any atom is 0.259 e. The van der Waals surface area contributed by atoms with E-state index in [1.54, 1.807) is 17.0 Å². The van der Waals surface area contributed by atoms with E-state index in [-0.39, 0.29) is 28.8 Å². The minimum atomic E-state index is -0.261. The van der Waals surface area contributed by atoms with E-state index in [0.717, 1.165) is 5.52 Å². The molecule has 1 aromatic carbocycles. The largest absolute Gasteiger partial charge is 0.360 e. The van der Waals surface area contributed by atoms with Crippen molar-refractivity contribution in [1.82, 2.24) is 20.1 Å². The van der Waals surface area contributed by atoms with Crippen molar-refractivity contribution in [3.05, 3.63) is 46.2 Å². The van der Waals surface area contributed by atoms with Crippen molar-refractivity contribution in [1.29, 1.82) is 0 Å². The van der Waals surface area contributed by atoms with E-state index < -0.39 is 0 Å². The molecule has 0 unspecified atom stereocenters. The third-order valence-electron chi connectivity index (χ3n) is 4.50. The molecule has 3 rings (SSSR count). The highest BCUT2D eigenvalue weighted by Crippen LogP contribution is 2.10. The second-order valence-corrected chi connectivity index (χ2v) is 6.87. The first-order valence-corrected chi connectivity index (χ1v) is 8.87. The van der Waals surface area contributed by atoms with Gasteiger partial charge in [-0.2, -0.15) is 0 Å². The smallest absolute Gasteiger partial charge is 0.259 e. The van der Waals surface area contributed by atoms with Gasteiger partial charge >= 0.3 is 0 Å². The van der Waals surface area contributed by atoms with Crippen LogP contribution in [0.2, 0.25) is 0 Å². The van der Waals surface area contributed by atoms with Gasteiger partial charge in [0, 0.05) is 49.3 Å². The summed E-state index contributed by atoms with van der Waals surface area (Å²) in [5.41, 5.74) is 0.632. The molecule has 0 radical (unpaired) electrons. The molecule has 0 saturated carbocycles. The average molecular weight is 356 g/mol. The summed E-state index contributed by atoms with van der Waals surface area (Å²) in [6, 6.07) is 7.27. The Hall–Kier alpha value is -2.67. The van der Waals surface area contributed by atoms with Gasteiger partial charge in [-0.25, -0.2) is 0 Å². The number of H-pyrrole nitrogens is 1. The summed E-state index contributed by atoms with van der Waals surface area (Å²) in [6.45, 7) is 6.41. The number of nitrogens with one attached hydrogen (secondary N) is 2. The fourth-order valence-electron chi connectivity index (χ4n) is 3.18. The molecule has 0 bridgehead atoms. The van der Waals surface area contributed by atoms with E-state index in [0.29, 0.717) is 38.1 Å². The van der Waals surface area contributed by atoms with Crippen LogP contribution in [0.25, 0.3) is 10.9 Å². The molecular formula is C19H24N4O3. The van der Waals surface area contributed by atoms with Crippen LogP contribution in [0.15, 0.2) is 35.3 Å². The Morgan fingerprint density at radius 3 is 2.54 bits per heavy atom. The number of aromatic nitrogens is 1. The molecule has 1 fully saturated rings. The summed E-state index contributed by atoms with van der Waals surface area (Å²) in [7, 11) is 0. The monoisotopic (exact) mass is 356 g/mol. The van der Waals surface area contributed by atoms with E-state index in [1.807, 2.05) is 30.9 Å². The van der Waals surface area contributed by atoms with Crippen molar-refractivity contribution < 1.29 is 9.59 Å². The molecule has 1 aromatic heterocycles. The molecule has 7 nitrogen and oxygen atoms in total. The van der Waals surface area contributed by atoms with Crippen molar-refractivity contribution in [3.8, 4) is 0 Å². The van der Waals surface area contributed by atoms with Crippen LogP contribution in [0.4, 0.5) is 0 Å². The molecule has 1 aliphatic heterocycles. The van der Waals surface area contributed by atoms with Gasteiger partial charge in [-0.1, -0.05) is 12.1 Å². The lowest BCUT2D eigenvalue weighted by Gasteiger charge is -2.34. The number of hydrogen-bond donors (Lipinski definition) is 2. The van der Waals surface area contributed by atoms with Crippen molar-refractivity contribution >= 4 is 22.7 Å². The highest BCUT2D eigenvalue weighted by atomic mass is 16.2. The van der Waals surface area contributed by atoms with Crippen molar-refractivity contribution in [3.63, 3.8) is 0 Å². The van der Waals surface area contributed by atoms with Gasteiger partial charge in [0.2, 0.25) is 11.3 Å². The first-order valence-electron chi connectivity index (χ1n) is 8.87. The Kier molecular flexibility index (Phi) is 5.37. The summed E-state index contributed by atoms with van der Waals surface area (Å²) in [6.07, 6.45) is 1.50. The molecule has 1 saturated heterocycles. The molecule has 26 heavy (non-hydrogen) atoms. The predicted molar refractivity (Wildman–Crippen MR) is 100 cm³/mol. The first-order chi connectivity index (χ1) is 12.5. The molecule has 2 amide bonds. The van der Waals surface area contributed by atoms with Crippen molar-refractivity contribution in [2.24, 2.45) is 0 Å². The lowest BCUT2D eigenvalue weighted by atomic mass is 10.1. The van der Waals surface area contributed by atoms with Gasteiger partial charge in [0.05, 0.1) is 6.54 Å². The number of fused-ring (bicyclic) bond motifs is 1. The number of aromatic amines is 1. The molecule has 2 heterocycles. The Morgan fingerprint density at radius 1 is 1.15 bits per heavy atom. The van der Waals surface area contributed by atoms with Gasteiger partial charge in [0.15, 0.2) is 0 Å². The van der Waals surface area contributed by atoms with Crippen molar-refractivity contribution in [2.45, 2.75) is 19.9 Å². The molecule has 138 valence electrons. The number of pyridine rings is 1. The Balaban J connectivity index is 1.65. The fourth-order valence-corrected chi connectivity index (χ4v) is 3.18. The zero-order valence-electron chi connectivity index (χ0n) is 15.1. The average Bonchev–Trinajstić information content (AvgIpc) is 2.61. The molecular weight excluding hydrogens is 332 g/mol. The number of para-hydroxylation sites is 1. The third kappa shape index (κ3) is 3.94. The van der Waals surface area contributed by atoms with E-state index in [1.165, 1.54) is 6.20 Å². The maximum absolute atomic E-state index is 12.7. The van der Waals surface area contributed by atoms with Crippen LogP contribution < -0.4 is 10.7 Å². The van der Waals surface area contributed by atoms with E-state index >= 15 is 0 Å². The minimum absolute atomic E-state index is 0.00856. The second-order valence-electron chi connectivity index (χ2n) is 6.87. The van der Waals surface area contributed by atoms with Crippen LogP contribution in [-0.2, 0) is 4.79 Å². The highest BCUT2D eigenvalue weighted by molar-refractivity contribution is 5.97. The molecule has 1 aliphatic rings. The fraction of sp³-hybridized carbons (Fsp3) is 0.421. The molecule has 0 atom stereocenters. The summed E-state index contributed by atoms with van der Waals surface area (Å²) < 4.78 is 0. The number of rotatable bonds is 4. The SMILES string of the molecule is CC(C)NC(=O)CN1CCN(C(=O)c2c[nH]c3ccccc3c2=O)CC1.